The topological polar surface area (TPSA) is 112 Å². The van der Waals surface area contributed by atoms with E-state index in [2.05, 4.69) is 15.5 Å². The summed E-state index contributed by atoms with van der Waals surface area (Å²) in [6.45, 7) is 1.60. The minimum Gasteiger partial charge on any atom is -0.465 e. The summed E-state index contributed by atoms with van der Waals surface area (Å²) >= 11 is 2.18. The first-order valence-electron chi connectivity index (χ1n) is 9.40. The van der Waals surface area contributed by atoms with Gasteiger partial charge >= 0.3 is 11.9 Å². The molecule has 0 aliphatic carbocycles. The number of para-hydroxylation sites is 1. The van der Waals surface area contributed by atoms with E-state index in [1.807, 2.05) is 40.8 Å². The largest absolute Gasteiger partial charge is 0.465 e. The number of pyridine rings is 1. The number of ether oxygens (including phenoxy) is 2. The molecule has 4 rings (SSSR count). The van der Waals surface area contributed by atoms with Gasteiger partial charge in [-0.3, -0.25) is 9.20 Å². The molecule has 0 fully saturated rings. The van der Waals surface area contributed by atoms with Gasteiger partial charge in [-0.25, -0.2) is 9.59 Å². The predicted octanol–water partition coefficient (Wildman–Crippen LogP) is 3.56. The van der Waals surface area contributed by atoms with Gasteiger partial charge in [-0.15, -0.1) is 21.5 Å². The van der Waals surface area contributed by atoms with Gasteiger partial charge in [0.2, 0.25) is 5.91 Å². The van der Waals surface area contributed by atoms with Crippen molar-refractivity contribution in [2.45, 2.75) is 12.1 Å². The molecule has 0 radical (unpaired) electrons. The van der Waals surface area contributed by atoms with Crippen LogP contribution in [0, 0.1) is 6.92 Å². The van der Waals surface area contributed by atoms with Crippen LogP contribution in [-0.2, 0) is 14.3 Å². The summed E-state index contributed by atoms with van der Waals surface area (Å²) in [7, 11) is 2.49. The molecular formula is C21H18N4O5S2. The van der Waals surface area contributed by atoms with Gasteiger partial charge in [0, 0.05) is 0 Å². The molecule has 9 nitrogen and oxygen atoms in total. The van der Waals surface area contributed by atoms with E-state index in [-0.39, 0.29) is 27.1 Å². The van der Waals surface area contributed by atoms with Crippen molar-refractivity contribution in [3.63, 3.8) is 0 Å². The Bertz CT molecular complexity index is 1360. The van der Waals surface area contributed by atoms with E-state index in [0.29, 0.717) is 16.4 Å². The Hall–Kier alpha value is -3.44. The number of carbonyl (C=O) groups excluding carboxylic acids is 3. The summed E-state index contributed by atoms with van der Waals surface area (Å²) in [5.41, 5.74) is 2.14. The number of thiophene rings is 1. The predicted molar refractivity (Wildman–Crippen MR) is 122 cm³/mol. The molecule has 32 heavy (non-hydrogen) atoms. The highest BCUT2D eigenvalue weighted by atomic mass is 32.2. The number of aromatic nitrogens is 3. The second kappa shape index (κ2) is 8.97. The third-order valence-electron chi connectivity index (χ3n) is 4.74. The molecule has 0 aliphatic heterocycles. The zero-order valence-electron chi connectivity index (χ0n) is 17.4. The number of benzene rings is 1. The van der Waals surface area contributed by atoms with Gasteiger partial charge in [-0.2, -0.15) is 0 Å². The lowest BCUT2D eigenvalue weighted by Gasteiger charge is -2.06. The van der Waals surface area contributed by atoms with Crippen LogP contribution in [0.4, 0.5) is 5.00 Å². The maximum absolute atomic E-state index is 12.7. The van der Waals surface area contributed by atoms with E-state index in [1.165, 1.54) is 26.0 Å². The highest BCUT2D eigenvalue weighted by Gasteiger charge is 2.27. The van der Waals surface area contributed by atoms with E-state index >= 15 is 0 Å². The summed E-state index contributed by atoms with van der Waals surface area (Å²) in [4.78, 5) is 37.1. The summed E-state index contributed by atoms with van der Waals surface area (Å²) in [5, 5.41) is 12.9. The minimum atomic E-state index is -0.647. The molecule has 3 aromatic heterocycles. The van der Waals surface area contributed by atoms with Crippen molar-refractivity contribution in [2.24, 2.45) is 0 Å². The summed E-state index contributed by atoms with van der Waals surface area (Å²) in [6, 6.07) is 11.7. The van der Waals surface area contributed by atoms with E-state index in [0.717, 1.165) is 22.2 Å². The SMILES string of the molecule is COC(=O)c1sc(NC(=O)CSc2nnc3ccc4ccccc4n23)c(C(=O)OC)c1C. The lowest BCUT2D eigenvalue weighted by Crippen LogP contribution is -2.16. The fourth-order valence-electron chi connectivity index (χ4n) is 3.24. The lowest BCUT2D eigenvalue weighted by atomic mass is 10.1. The van der Waals surface area contributed by atoms with Gasteiger partial charge in [0.05, 0.1) is 31.1 Å². The molecule has 0 bridgehead atoms. The maximum atomic E-state index is 12.7. The fraction of sp³-hybridized carbons (Fsp3) is 0.190. The number of rotatable bonds is 6. The van der Waals surface area contributed by atoms with Crippen molar-refractivity contribution in [1.29, 1.82) is 0 Å². The summed E-state index contributed by atoms with van der Waals surface area (Å²) < 4.78 is 11.5. The van der Waals surface area contributed by atoms with Crippen LogP contribution >= 0.6 is 23.1 Å². The van der Waals surface area contributed by atoms with E-state index in [4.69, 9.17) is 9.47 Å². The molecule has 0 atom stereocenters. The number of nitrogens with zero attached hydrogens (tertiary/aromatic N) is 3. The van der Waals surface area contributed by atoms with Crippen molar-refractivity contribution >= 4 is 62.5 Å². The molecule has 0 saturated heterocycles. The van der Waals surface area contributed by atoms with Gasteiger partial charge in [-0.1, -0.05) is 30.0 Å². The van der Waals surface area contributed by atoms with Crippen LogP contribution in [0.5, 0.6) is 0 Å². The summed E-state index contributed by atoms with van der Waals surface area (Å²) in [6.07, 6.45) is 0. The van der Waals surface area contributed by atoms with E-state index in [1.54, 1.807) is 6.92 Å². The Morgan fingerprint density at radius 2 is 1.81 bits per heavy atom. The monoisotopic (exact) mass is 470 g/mol. The first-order chi connectivity index (χ1) is 15.4. The van der Waals surface area contributed by atoms with Crippen LogP contribution in [-0.4, -0.2) is 52.4 Å². The molecule has 1 aromatic carbocycles. The third kappa shape index (κ3) is 3.92. The second-order valence-electron chi connectivity index (χ2n) is 6.65. The standard InChI is InChI=1S/C21H18N4O5S2/c1-11-16(19(27)29-2)18(32-17(11)20(28)30-3)22-15(26)10-31-21-24-23-14-9-8-12-6-4-5-7-13(12)25(14)21/h4-9H,10H2,1-3H3,(H,22,26). The van der Waals surface area contributed by atoms with Gasteiger partial charge in [0.25, 0.3) is 0 Å². The average Bonchev–Trinajstić information content (AvgIpc) is 3.37. The normalized spacial score (nSPS) is 11.0. The maximum Gasteiger partial charge on any atom is 0.348 e. The molecule has 11 heteroatoms. The van der Waals surface area contributed by atoms with Crippen LogP contribution < -0.4 is 5.32 Å². The molecule has 0 spiro atoms. The average molecular weight is 471 g/mol. The number of hydrogen-bond acceptors (Lipinski definition) is 9. The van der Waals surface area contributed by atoms with E-state index in [9.17, 15) is 14.4 Å². The van der Waals surface area contributed by atoms with Gasteiger partial charge in [0.15, 0.2) is 10.8 Å². The number of amides is 1. The summed E-state index contributed by atoms with van der Waals surface area (Å²) in [5.74, 6) is -1.58. The van der Waals surface area contributed by atoms with Crippen LogP contribution in [0.3, 0.4) is 0 Å². The van der Waals surface area contributed by atoms with Crippen LogP contribution in [0.2, 0.25) is 0 Å². The van der Waals surface area contributed by atoms with Gasteiger partial charge in [-0.05, 0) is 36.1 Å². The van der Waals surface area contributed by atoms with Gasteiger partial charge in [0.1, 0.15) is 9.88 Å². The van der Waals surface area contributed by atoms with Crippen molar-refractivity contribution < 1.29 is 23.9 Å². The van der Waals surface area contributed by atoms with Gasteiger partial charge < -0.3 is 14.8 Å². The fourth-order valence-corrected chi connectivity index (χ4v) is 5.12. The number of nitrogens with one attached hydrogen (secondary N) is 1. The van der Waals surface area contributed by atoms with E-state index < -0.39 is 11.9 Å². The number of anilines is 1. The molecule has 0 saturated carbocycles. The number of hydrogen-bond donors (Lipinski definition) is 1. The number of thioether (sulfide) groups is 1. The Kier molecular flexibility index (Phi) is 6.10. The van der Waals surface area contributed by atoms with Crippen LogP contribution in [0.15, 0.2) is 41.6 Å². The molecule has 1 N–H and O–H groups in total. The Morgan fingerprint density at radius 1 is 1.06 bits per heavy atom. The molecule has 0 aliphatic rings. The lowest BCUT2D eigenvalue weighted by molar-refractivity contribution is -0.113. The van der Waals surface area contributed by atoms with Crippen molar-refractivity contribution in [2.75, 3.05) is 25.3 Å². The quantitative estimate of drug-likeness (QED) is 0.336. The molecule has 0 unspecified atom stereocenters. The van der Waals surface area contributed by atoms with Crippen molar-refractivity contribution in [3.05, 3.63) is 52.4 Å². The highest BCUT2D eigenvalue weighted by molar-refractivity contribution is 7.99. The van der Waals surface area contributed by atoms with Crippen molar-refractivity contribution in [3.8, 4) is 0 Å². The molecule has 3 heterocycles. The Morgan fingerprint density at radius 3 is 2.56 bits per heavy atom. The van der Waals surface area contributed by atoms with Crippen LogP contribution in [0.1, 0.15) is 25.6 Å². The molecule has 1 amide bonds. The highest BCUT2D eigenvalue weighted by Crippen LogP contribution is 2.34. The molecule has 4 aromatic rings. The van der Waals surface area contributed by atoms with Crippen molar-refractivity contribution in [1.82, 2.24) is 14.6 Å². The first-order valence-corrected chi connectivity index (χ1v) is 11.2. The Balaban J connectivity index is 1.57. The van der Waals surface area contributed by atoms with Crippen LogP contribution in [0.25, 0.3) is 16.6 Å². The number of fused-ring (bicyclic) bond motifs is 3. The first kappa shape index (κ1) is 21.8. The number of carbonyl (C=O) groups is 3. The second-order valence-corrected chi connectivity index (χ2v) is 8.61. The molecular weight excluding hydrogens is 452 g/mol. The number of methoxy groups -OCH3 is 2. The number of esters is 2. The smallest absolute Gasteiger partial charge is 0.348 e. The Labute approximate surface area is 190 Å². The third-order valence-corrected chi connectivity index (χ3v) is 6.86. The minimum absolute atomic E-state index is 0.0229. The zero-order valence-corrected chi connectivity index (χ0v) is 19.0. The molecule has 164 valence electrons. The zero-order chi connectivity index (χ0) is 22.8.